The van der Waals surface area contributed by atoms with Gasteiger partial charge in [0.15, 0.2) is 5.11 Å². The van der Waals surface area contributed by atoms with Crippen molar-refractivity contribution in [2.24, 2.45) is 0 Å². The Balaban J connectivity index is 0.00000135. The van der Waals surface area contributed by atoms with E-state index in [1.165, 1.54) is 6.92 Å². The van der Waals surface area contributed by atoms with Crippen molar-refractivity contribution in [1.82, 2.24) is 25.2 Å². The Bertz CT molecular complexity index is 1470. The summed E-state index contributed by atoms with van der Waals surface area (Å²) < 4.78 is 67.9. The number of pyridine rings is 3. The minimum Gasteiger partial charge on any atom is -0.317 e. The molecule has 0 saturated heterocycles. The molecule has 1 radical (unpaired) electrons. The third-order valence-electron chi connectivity index (χ3n) is 4.92. The van der Waals surface area contributed by atoms with E-state index in [2.05, 4.69) is 30.5 Å². The third-order valence-corrected chi connectivity index (χ3v) is 5.12. The molecule has 4 aromatic rings. The summed E-state index contributed by atoms with van der Waals surface area (Å²) in [5.41, 5.74) is 3.33. The van der Waals surface area contributed by atoms with Gasteiger partial charge in [-0.1, -0.05) is 36.4 Å². The van der Waals surface area contributed by atoms with Gasteiger partial charge in [0, 0.05) is 44.5 Å². The van der Waals surface area contributed by atoms with Gasteiger partial charge in [0.25, 0.3) is 5.91 Å². The van der Waals surface area contributed by atoms with Crippen molar-refractivity contribution in [3.63, 3.8) is 0 Å². The second kappa shape index (κ2) is 23.6. The fraction of sp³-hybridized carbons (Fsp3) is 0.143. The predicted molar refractivity (Wildman–Crippen MR) is 147 cm³/mol. The average molecular weight is 772 g/mol. The molecule has 48 heavy (non-hydrogen) atoms. The third kappa shape index (κ3) is 24.4. The molecule has 2 N–H and O–H groups in total. The van der Waals surface area contributed by atoms with Crippen LogP contribution in [0.1, 0.15) is 34.4 Å². The van der Waals surface area contributed by atoms with Gasteiger partial charge in [-0.2, -0.15) is 5.26 Å². The molecule has 259 valence electrons. The van der Waals surface area contributed by atoms with Gasteiger partial charge in [-0.05, 0) is 60.7 Å². The Kier molecular flexibility index (Phi) is 21.7. The van der Waals surface area contributed by atoms with Crippen molar-refractivity contribution in [3.05, 3.63) is 120 Å². The van der Waals surface area contributed by atoms with Gasteiger partial charge in [0.05, 0.1) is 23.2 Å². The number of carbonyl (C=O) groups is 1. The van der Waals surface area contributed by atoms with Crippen LogP contribution in [0.15, 0.2) is 97.3 Å². The number of rotatable bonds is 8. The van der Waals surface area contributed by atoms with Gasteiger partial charge in [0.2, 0.25) is 0 Å². The van der Waals surface area contributed by atoms with Gasteiger partial charge in [0.1, 0.15) is 5.82 Å². The molecule has 0 spiro atoms. The van der Waals surface area contributed by atoms with Gasteiger partial charge >= 0.3 is 17.1 Å². The summed E-state index contributed by atoms with van der Waals surface area (Å²) in [5.74, 6) is 0.289. The van der Waals surface area contributed by atoms with E-state index in [0.717, 1.165) is 17.1 Å². The van der Waals surface area contributed by atoms with Crippen LogP contribution in [0.5, 0.6) is 0 Å². The number of benzene rings is 1. The van der Waals surface area contributed by atoms with Gasteiger partial charge < -0.3 is 5.32 Å². The minimum atomic E-state index is -4.94. The van der Waals surface area contributed by atoms with Crippen LogP contribution in [-0.4, -0.2) is 30.9 Å². The summed E-state index contributed by atoms with van der Waals surface area (Å²) in [4.78, 5) is 28.2. The second-order valence-corrected chi connectivity index (χ2v) is 10.5. The van der Waals surface area contributed by atoms with Crippen LogP contribution in [-0.2, 0) is 36.7 Å². The van der Waals surface area contributed by atoms with E-state index in [1.807, 2.05) is 60.7 Å². The number of halogens is 2. The average Bonchev–Trinajstić information content (AvgIpc) is 2.97. The van der Waals surface area contributed by atoms with E-state index in [4.69, 9.17) is 54.8 Å². The Labute approximate surface area is 295 Å². The summed E-state index contributed by atoms with van der Waals surface area (Å²) in [6.07, 6.45) is 3.59. The number of nitrogens with one attached hydrogen (secondary N) is 2. The molecule has 1 aromatic carbocycles. The number of carbonyl (C=O) groups excluding carboxylic acids is 1. The van der Waals surface area contributed by atoms with Crippen LogP contribution in [0.4, 0.5) is 5.82 Å². The molecular formula is C28H27Cl2CuN7O9S. The van der Waals surface area contributed by atoms with Crippen LogP contribution >= 0.6 is 12.2 Å². The maximum atomic E-state index is 12.3. The predicted octanol–water partition coefficient (Wildman–Crippen LogP) is -4.78. The minimum absolute atomic E-state index is 0. The Morgan fingerprint density at radius 1 is 0.750 bits per heavy atom. The van der Waals surface area contributed by atoms with Crippen molar-refractivity contribution in [3.8, 4) is 6.07 Å². The quantitative estimate of drug-likeness (QED) is 0.125. The van der Waals surface area contributed by atoms with Crippen LogP contribution in [0.3, 0.4) is 0 Å². The molecule has 0 aliphatic carbocycles. The molecular weight excluding hydrogens is 745 g/mol. The molecule has 0 aliphatic rings. The molecule has 0 unspecified atom stereocenters. The van der Waals surface area contributed by atoms with E-state index in [9.17, 15) is 4.79 Å². The van der Waals surface area contributed by atoms with Crippen LogP contribution < -0.4 is 47.9 Å². The zero-order valence-electron chi connectivity index (χ0n) is 24.7. The molecule has 0 saturated carbocycles. The Hall–Kier alpha value is -3.74. The summed E-state index contributed by atoms with van der Waals surface area (Å²) in [5, 5.41) is 13.2. The molecule has 4 rings (SSSR count). The summed E-state index contributed by atoms with van der Waals surface area (Å²) >= 11 is 5.31. The number of anilines is 1. The molecule has 3 aromatic heterocycles. The number of amides is 1. The standard InChI is InChI=1S/C26H24N6OS.C2H3N.2ClHO4.Cu/c33-25(20-9-2-1-3-10-20)31-26(34)30-24-14-8-13-23(29-24)19-32(17-21-11-4-6-15-27-21)18-22-12-5-7-16-28-22;1-2-3;2*2-1(3,4)5;/h1-16H,17-19H2,(H2,29,30,31,33,34);1H3;2*(H,2,3,4,5);/q;;;;+2/p-2/i;;;;1+0. The summed E-state index contributed by atoms with van der Waals surface area (Å²) in [6, 6.07) is 28.1. The molecule has 0 fully saturated rings. The maximum Gasteiger partial charge on any atom is 2.00 e. The zero-order chi connectivity index (χ0) is 35.3. The van der Waals surface area contributed by atoms with Crippen molar-refractivity contribution in [1.29, 1.82) is 5.26 Å². The molecule has 0 aliphatic heterocycles. The monoisotopic (exact) mass is 771 g/mol. The van der Waals surface area contributed by atoms with Crippen LogP contribution in [0.2, 0.25) is 0 Å². The van der Waals surface area contributed by atoms with Crippen molar-refractivity contribution in [2.75, 3.05) is 5.32 Å². The zero-order valence-corrected chi connectivity index (χ0v) is 28.0. The largest absolute Gasteiger partial charge is 2.00 e. The van der Waals surface area contributed by atoms with E-state index >= 15 is 0 Å². The number of nitriles is 1. The van der Waals surface area contributed by atoms with E-state index < -0.39 is 20.5 Å². The maximum absolute atomic E-state index is 12.3. The first-order valence-corrected chi connectivity index (χ1v) is 15.6. The fourth-order valence-electron chi connectivity index (χ4n) is 3.39. The summed E-state index contributed by atoms with van der Waals surface area (Å²) in [7, 11) is -9.89. The molecule has 1 amide bonds. The fourth-order valence-corrected chi connectivity index (χ4v) is 3.59. The van der Waals surface area contributed by atoms with Crippen molar-refractivity contribution in [2.45, 2.75) is 26.6 Å². The first kappa shape index (κ1) is 44.3. The summed E-state index contributed by atoms with van der Waals surface area (Å²) in [6.45, 7) is 3.33. The van der Waals surface area contributed by atoms with Crippen molar-refractivity contribution >= 4 is 29.1 Å². The second-order valence-electron chi connectivity index (χ2n) is 8.56. The Morgan fingerprint density at radius 2 is 1.17 bits per heavy atom. The first-order valence-electron chi connectivity index (χ1n) is 12.8. The number of hydrogen-bond acceptors (Lipinski definition) is 15. The normalized spacial score (nSPS) is 10.2. The van der Waals surface area contributed by atoms with Crippen molar-refractivity contribution < 1.29 is 79.6 Å². The van der Waals surface area contributed by atoms with Gasteiger partial charge in [-0.3, -0.25) is 25.0 Å². The molecule has 3 heterocycles. The SMILES string of the molecule is CC#N.O=C(NC(=S)Nc1cccc(CN(Cc2ccccn2)Cc2ccccn2)n1)c1ccccc1.[64Cu+2].[O-][Cl+3]([O-])([O-])[O-].[O-][Cl+3]([O-])([O-])[O-]. The number of thiocarbonyl (C=S) groups is 1. The number of nitrogens with zero attached hydrogens (tertiary/aromatic N) is 5. The molecule has 0 atom stereocenters. The smallest absolute Gasteiger partial charge is 0.317 e. The van der Waals surface area contributed by atoms with Gasteiger partial charge in [-0.15, -0.1) is 20.5 Å². The van der Waals surface area contributed by atoms with Crippen LogP contribution in [0, 0.1) is 31.8 Å². The van der Waals surface area contributed by atoms with Crippen LogP contribution in [0.25, 0.3) is 0 Å². The molecule has 0 bridgehead atoms. The first-order chi connectivity index (χ1) is 22.1. The Morgan fingerprint density at radius 3 is 1.60 bits per heavy atom. The molecule has 16 nitrogen and oxygen atoms in total. The number of aromatic nitrogens is 3. The molecule has 20 heteroatoms. The topological polar surface area (TPSA) is 291 Å². The van der Waals surface area contributed by atoms with E-state index in [-0.39, 0.29) is 28.1 Å². The van der Waals surface area contributed by atoms with E-state index in [0.29, 0.717) is 31.0 Å². The van der Waals surface area contributed by atoms with E-state index in [1.54, 1.807) is 42.7 Å². The number of hydrogen-bond donors (Lipinski definition) is 2. The van der Waals surface area contributed by atoms with Gasteiger partial charge in [-0.25, -0.2) is 42.3 Å².